The Morgan fingerprint density at radius 3 is 2.64 bits per heavy atom. The van der Waals surface area contributed by atoms with Crippen LogP contribution >= 0.6 is 0 Å². The third-order valence-corrected chi connectivity index (χ3v) is 1.99. The zero-order valence-corrected chi connectivity index (χ0v) is 8.15. The van der Waals surface area contributed by atoms with Crippen molar-refractivity contribution < 1.29 is 9.53 Å². The standard InChI is InChI=1S/C11H11NO2/c1-8(13)10(7-12)9-5-3-4-6-11(9)14-2/h3-6,10H,1-2H3/t10-/m1/s1. The number of carbonyl (C=O) groups excluding carboxylic acids is 1. The summed E-state index contributed by atoms with van der Waals surface area (Å²) in [5.41, 5.74) is 0.630. The first-order chi connectivity index (χ1) is 6.70. The summed E-state index contributed by atoms with van der Waals surface area (Å²) < 4.78 is 5.07. The molecule has 0 N–H and O–H groups in total. The second kappa shape index (κ2) is 4.43. The Labute approximate surface area is 82.9 Å². The van der Waals surface area contributed by atoms with Crippen LogP contribution in [0.15, 0.2) is 24.3 Å². The van der Waals surface area contributed by atoms with E-state index in [1.54, 1.807) is 24.3 Å². The minimum absolute atomic E-state index is 0.169. The molecular formula is C11H11NO2. The molecular weight excluding hydrogens is 178 g/mol. The number of methoxy groups -OCH3 is 1. The fourth-order valence-electron chi connectivity index (χ4n) is 1.28. The third-order valence-electron chi connectivity index (χ3n) is 1.99. The number of benzene rings is 1. The first-order valence-electron chi connectivity index (χ1n) is 4.23. The first-order valence-corrected chi connectivity index (χ1v) is 4.23. The van der Waals surface area contributed by atoms with E-state index in [-0.39, 0.29) is 5.78 Å². The van der Waals surface area contributed by atoms with E-state index in [9.17, 15) is 4.79 Å². The lowest BCUT2D eigenvalue weighted by Crippen LogP contribution is -2.07. The second-order valence-electron chi connectivity index (χ2n) is 2.91. The van der Waals surface area contributed by atoms with Crippen LogP contribution in [0.5, 0.6) is 5.75 Å². The van der Waals surface area contributed by atoms with Crippen molar-refractivity contribution in [1.82, 2.24) is 0 Å². The molecule has 0 saturated carbocycles. The number of nitriles is 1. The van der Waals surface area contributed by atoms with Gasteiger partial charge >= 0.3 is 0 Å². The van der Waals surface area contributed by atoms with Crippen LogP contribution < -0.4 is 4.74 Å². The van der Waals surface area contributed by atoms with Crippen molar-refractivity contribution in [3.63, 3.8) is 0 Å². The molecule has 14 heavy (non-hydrogen) atoms. The summed E-state index contributed by atoms with van der Waals surface area (Å²) >= 11 is 0. The number of carbonyl (C=O) groups is 1. The number of hydrogen-bond acceptors (Lipinski definition) is 3. The van der Waals surface area contributed by atoms with Gasteiger partial charge in [0.15, 0.2) is 5.78 Å². The van der Waals surface area contributed by atoms with Crippen LogP contribution in [0.3, 0.4) is 0 Å². The van der Waals surface area contributed by atoms with Gasteiger partial charge in [-0.05, 0) is 13.0 Å². The fourth-order valence-corrected chi connectivity index (χ4v) is 1.28. The molecule has 0 fully saturated rings. The number of rotatable bonds is 3. The van der Waals surface area contributed by atoms with Crippen LogP contribution in [0.1, 0.15) is 18.4 Å². The summed E-state index contributed by atoms with van der Waals surface area (Å²) in [5.74, 6) is -0.322. The zero-order chi connectivity index (χ0) is 10.6. The molecule has 0 aliphatic rings. The van der Waals surface area contributed by atoms with E-state index in [4.69, 9.17) is 10.00 Å². The van der Waals surface area contributed by atoms with Gasteiger partial charge in [0, 0.05) is 5.56 Å². The molecule has 1 atom stereocenters. The number of Topliss-reactive ketones (excluding diaryl/α,β-unsaturated/α-hetero) is 1. The Bertz CT molecular complexity index is 379. The summed E-state index contributed by atoms with van der Waals surface area (Å²) in [6.45, 7) is 1.40. The van der Waals surface area contributed by atoms with Gasteiger partial charge < -0.3 is 4.74 Å². The van der Waals surface area contributed by atoms with E-state index in [2.05, 4.69) is 0 Å². The van der Waals surface area contributed by atoms with E-state index in [1.807, 2.05) is 6.07 Å². The van der Waals surface area contributed by atoms with Gasteiger partial charge in [0.1, 0.15) is 11.7 Å². The monoisotopic (exact) mass is 189 g/mol. The Balaban J connectivity index is 3.17. The molecule has 0 bridgehead atoms. The number of hydrogen-bond donors (Lipinski definition) is 0. The van der Waals surface area contributed by atoms with Crippen molar-refractivity contribution in [3.05, 3.63) is 29.8 Å². The van der Waals surface area contributed by atoms with Crippen LogP contribution in [-0.2, 0) is 4.79 Å². The average molecular weight is 189 g/mol. The van der Waals surface area contributed by atoms with Crippen molar-refractivity contribution in [1.29, 1.82) is 5.26 Å². The largest absolute Gasteiger partial charge is 0.496 e. The Hall–Kier alpha value is -1.82. The predicted molar refractivity (Wildman–Crippen MR) is 52.0 cm³/mol. The summed E-state index contributed by atoms with van der Waals surface area (Å²) in [7, 11) is 1.52. The van der Waals surface area contributed by atoms with Crippen molar-refractivity contribution in [2.45, 2.75) is 12.8 Å². The normalized spacial score (nSPS) is 11.5. The fraction of sp³-hybridized carbons (Fsp3) is 0.273. The van der Waals surface area contributed by atoms with Crippen LogP contribution in [0, 0.1) is 11.3 Å². The van der Waals surface area contributed by atoms with Gasteiger partial charge in [-0.3, -0.25) is 4.79 Å². The highest BCUT2D eigenvalue weighted by molar-refractivity contribution is 5.86. The Morgan fingerprint density at radius 1 is 1.50 bits per heavy atom. The summed E-state index contributed by atoms with van der Waals surface area (Å²) in [6.07, 6.45) is 0. The molecule has 1 aromatic carbocycles. The van der Waals surface area contributed by atoms with E-state index >= 15 is 0 Å². The minimum atomic E-state index is -0.730. The summed E-state index contributed by atoms with van der Waals surface area (Å²) in [4.78, 5) is 11.2. The van der Waals surface area contributed by atoms with Crippen molar-refractivity contribution in [2.24, 2.45) is 0 Å². The van der Waals surface area contributed by atoms with Gasteiger partial charge in [-0.2, -0.15) is 5.26 Å². The minimum Gasteiger partial charge on any atom is -0.496 e. The SMILES string of the molecule is COc1ccccc1[C@H](C#N)C(C)=O. The van der Waals surface area contributed by atoms with E-state index in [1.165, 1.54) is 14.0 Å². The highest BCUT2D eigenvalue weighted by Crippen LogP contribution is 2.26. The topological polar surface area (TPSA) is 50.1 Å². The average Bonchev–Trinajstić information content (AvgIpc) is 2.19. The number of nitrogens with zero attached hydrogens (tertiary/aromatic N) is 1. The summed E-state index contributed by atoms with van der Waals surface area (Å²) in [5, 5.41) is 8.84. The molecule has 0 heterocycles. The van der Waals surface area contributed by atoms with Crippen molar-refractivity contribution in [2.75, 3.05) is 7.11 Å². The predicted octanol–water partition coefficient (Wildman–Crippen LogP) is 1.89. The van der Waals surface area contributed by atoms with Crippen LogP contribution in [0.2, 0.25) is 0 Å². The molecule has 3 heteroatoms. The van der Waals surface area contributed by atoms with Gasteiger partial charge in [0.2, 0.25) is 0 Å². The first kappa shape index (κ1) is 10.3. The maximum atomic E-state index is 11.2. The molecule has 72 valence electrons. The maximum Gasteiger partial charge on any atom is 0.151 e. The zero-order valence-electron chi connectivity index (χ0n) is 8.15. The van der Waals surface area contributed by atoms with E-state index in [0.29, 0.717) is 11.3 Å². The Kier molecular flexibility index (Phi) is 3.24. The van der Waals surface area contributed by atoms with Gasteiger partial charge in [-0.25, -0.2) is 0 Å². The lowest BCUT2D eigenvalue weighted by molar-refractivity contribution is -0.117. The molecule has 1 aromatic rings. The molecule has 0 saturated heterocycles. The van der Waals surface area contributed by atoms with Crippen LogP contribution in [-0.4, -0.2) is 12.9 Å². The molecule has 0 unspecified atom stereocenters. The second-order valence-corrected chi connectivity index (χ2v) is 2.91. The van der Waals surface area contributed by atoms with Gasteiger partial charge in [0.05, 0.1) is 13.2 Å². The van der Waals surface area contributed by atoms with Gasteiger partial charge in [-0.1, -0.05) is 18.2 Å². The molecule has 0 spiro atoms. The molecule has 1 rings (SSSR count). The molecule has 0 radical (unpaired) electrons. The third kappa shape index (κ3) is 1.91. The lowest BCUT2D eigenvalue weighted by Gasteiger charge is -2.10. The Morgan fingerprint density at radius 2 is 2.14 bits per heavy atom. The highest BCUT2D eigenvalue weighted by atomic mass is 16.5. The molecule has 0 amide bonds. The molecule has 0 aliphatic heterocycles. The van der Waals surface area contributed by atoms with Crippen molar-refractivity contribution in [3.8, 4) is 11.8 Å². The lowest BCUT2D eigenvalue weighted by atomic mass is 9.96. The van der Waals surface area contributed by atoms with Crippen LogP contribution in [0.4, 0.5) is 0 Å². The number of ketones is 1. The number of para-hydroxylation sites is 1. The summed E-state index contributed by atoms with van der Waals surface area (Å²) in [6, 6.07) is 9.02. The van der Waals surface area contributed by atoms with E-state index < -0.39 is 5.92 Å². The van der Waals surface area contributed by atoms with Crippen molar-refractivity contribution >= 4 is 5.78 Å². The van der Waals surface area contributed by atoms with E-state index in [0.717, 1.165) is 0 Å². The maximum absolute atomic E-state index is 11.2. The highest BCUT2D eigenvalue weighted by Gasteiger charge is 2.19. The van der Waals surface area contributed by atoms with Crippen LogP contribution in [0.25, 0.3) is 0 Å². The molecule has 3 nitrogen and oxygen atoms in total. The quantitative estimate of drug-likeness (QED) is 0.729. The number of ether oxygens (including phenoxy) is 1. The van der Waals surface area contributed by atoms with Gasteiger partial charge in [0.25, 0.3) is 0 Å². The molecule has 0 aromatic heterocycles. The van der Waals surface area contributed by atoms with Gasteiger partial charge in [-0.15, -0.1) is 0 Å². The molecule has 0 aliphatic carbocycles. The smallest absolute Gasteiger partial charge is 0.151 e.